The van der Waals surface area contributed by atoms with E-state index in [1.165, 1.54) is 13.2 Å². The van der Waals surface area contributed by atoms with Gasteiger partial charge in [0.25, 0.3) is 0 Å². The number of hydrogen-bond donors (Lipinski definition) is 1. The smallest absolute Gasteiger partial charge is 0.315 e. The van der Waals surface area contributed by atoms with E-state index in [1.54, 1.807) is 12.1 Å². The van der Waals surface area contributed by atoms with Gasteiger partial charge in [0.05, 0.1) is 24.7 Å². The topological polar surface area (TPSA) is 90.7 Å². The average Bonchev–Trinajstić information content (AvgIpc) is 2.67. The molecule has 2 aromatic carbocycles. The van der Waals surface area contributed by atoms with Crippen LogP contribution in [0.2, 0.25) is 0 Å². The molecule has 0 aromatic heterocycles. The Morgan fingerprint density at radius 3 is 2.78 bits per heavy atom. The number of fused-ring (bicyclic) bond motifs is 1. The maximum absolute atomic E-state index is 12.5. The van der Waals surface area contributed by atoms with Gasteiger partial charge in [-0.05, 0) is 30.2 Å². The van der Waals surface area contributed by atoms with Crippen LogP contribution in [0.15, 0.2) is 36.4 Å². The number of carbonyl (C=O) groups excluding carboxylic acids is 1. The molecule has 2 aromatic rings. The molecule has 0 spiro atoms. The highest BCUT2D eigenvalue weighted by Crippen LogP contribution is 2.42. The monoisotopic (exact) mass is 370 g/mol. The predicted octanol–water partition coefficient (Wildman–Crippen LogP) is 4.52. The molecule has 7 heteroatoms. The van der Waals surface area contributed by atoms with Crippen LogP contribution in [0.1, 0.15) is 48.1 Å². The second kappa shape index (κ2) is 8.07. The van der Waals surface area contributed by atoms with Crippen LogP contribution >= 0.6 is 0 Å². The van der Waals surface area contributed by atoms with E-state index in [1.807, 2.05) is 25.1 Å². The zero-order chi connectivity index (χ0) is 19.4. The quantitative estimate of drug-likeness (QED) is 0.438. The van der Waals surface area contributed by atoms with Crippen molar-refractivity contribution < 1.29 is 19.2 Å². The molecule has 1 aliphatic rings. The van der Waals surface area contributed by atoms with Crippen LogP contribution in [-0.2, 0) is 0 Å². The molecule has 0 bridgehead atoms. The van der Waals surface area contributed by atoms with Crippen molar-refractivity contribution in [2.75, 3.05) is 19.0 Å². The first-order valence-electron chi connectivity index (χ1n) is 8.93. The summed E-state index contributed by atoms with van der Waals surface area (Å²) in [6, 6.07) is 10.0. The van der Waals surface area contributed by atoms with Crippen LogP contribution in [0.25, 0.3) is 0 Å². The molecule has 0 saturated heterocycles. The van der Waals surface area contributed by atoms with E-state index in [0.717, 1.165) is 18.5 Å². The van der Waals surface area contributed by atoms with Gasteiger partial charge in [0.1, 0.15) is 0 Å². The number of nitrogens with zero attached hydrogens (tertiary/aromatic N) is 1. The van der Waals surface area contributed by atoms with Gasteiger partial charge in [-0.25, -0.2) is 0 Å². The number of carbonyl (C=O) groups is 1. The highest BCUT2D eigenvalue weighted by atomic mass is 16.6. The first-order valence-corrected chi connectivity index (χ1v) is 8.93. The predicted molar refractivity (Wildman–Crippen MR) is 102 cm³/mol. The summed E-state index contributed by atoms with van der Waals surface area (Å²) < 4.78 is 11.0. The van der Waals surface area contributed by atoms with Gasteiger partial charge in [0.2, 0.25) is 5.75 Å². The fourth-order valence-electron chi connectivity index (χ4n) is 3.15. The van der Waals surface area contributed by atoms with Crippen molar-refractivity contribution >= 4 is 17.2 Å². The van der Waals surface area contributed by atoms with Crippen LogP contribution in [0.3, 0.4) is 0 Å². The number of unbranched alkanes of at least 4 members (excludes halogenated alkanes) is 1. The van der Waals surface area contributed by atoms with E-state index in [0.29, 0.717) is 23.5 Å². The Hall–Kier alpha value is -3.09. The lowest BCUT2D eigenvalue weighted by Gasteiger charge is -2.27. The molecular formula is C20H22N2O5. The molecule has 0 amide bonds. The van der Waals surface area contributed by atoms with Gasteiger partial charge in [-0.15, -0.1) is 0 Å². The lowest BCUT2D eigenvalue weighted by atomic mass is 9.92. The number of nitro groups is 1. The molecule has 142 valence electrons. The van der Waals surface area contributed by atoms with Gasteiger partial charge in [-0.3, -0.25) is 14.9 Å². The minimum atomic E-state index is -0.480. The third-order valence-corrected chi connectivity index (χ3v) is 4.57. The van der Waals surface area contributed by atoms with Crippen LogP contribution < -0.4 is 14.8 Å². The van der Waals surface area contributed by atoms with Gasteiger partial charge in [0, 0.05) is 23.7 Å². The summed E-state index contributed by atoms with van der Waals surface area (Å²) in [6.07, 6.45) is 1.92. The van der Waals surface area contributed by atoms with Crippen molar-refractivity contribution in [3.63, 3.8) is 0 Å². The highest BCUT2D eigenvalue weighted by molar-refractivity contribution is 6.03. The van der Waals surface area contributed by atoms with E-state index in [-0.39, 0.29) is 29.7 Å². The number of ether oxygens (including phenoxy) is 2. The summed E-state index contributed by atoms with van der Waals surface area (Å²) in [6.45, 7) is 2.39. The zero-order valence-corrected chi connectivity index (χ0v) is 15.4. The lowest BCUT2D eigenvalue weighted by Crippen LogP contribution is -2.23. The zero-order valence-electron chi connectivity index (χ0n) is 15.4. The SMILES string of the molecule is CCCCOc1c(OC)cc(C2CC(=O)c3ccccc3N2)cc1[N+](=O)[O-]. The molecule has 7 nitrogen and oxygen atoms in total. The van der Waals surface area contributed by atoms with Gasteiger partial charge in [-0.2, -0.15) is 0 Å². The molecule has 1 unspecified atom stereocenters. The summed E-state index contributed by atoms with van der Waals surface area (Å²) in [5.74, 6) is 0.421. The molecule has 3 rings (SSSR count). The Balaban J connectivity index is 1.98. The van der Waals surface area contributed by atoms with E-state index < -0.39 is 4.92 Å². The van der Waals surface area contributed by atoms with Crippen LogP contribution in [-0.4, -0.2) is 24.4 Å². The molecule has 0 fully saturated rings. The minimum Gasteiger partial charge on any atom is -0.493 e. The van der Waals surface area contributed by atoms with Crippen molar-refractivity contribution in [2.45, 2.75) is 32.2 Å². The third kappa shape index (κ3) is 3.86. The molecule has 27 heavy (non-hydrogen) atoms. The Labute approximate surface area is 157 Å². The number of hydrogen-bond acceptors (Lipinski definition) is 6. The lowest BCUT2D eigenvalue weighted by molar-refractivity contribution is -0.386. The van der Waals surface area contributed by atoms with Crippen molar-refractivity contribution in [1.29, 1.82) is 0 Å². The van der Waals surface area contributed by atoms with Crippen LogP contribution in [0.4, 0.5) is 11.4 Å². The summed E-state index contributed by atoms with van der Waals surface area (Å²) in [5.41, 5.74) is 1.82. The second-order valence-corrected chi connectivity index (χ2v) is 6.40. The average molecular weight is 370 g/mol. The van der Waals surface area contributed by atoms with Gasteiger partial charge in [0.15, 0.2) is 11.5 Å². The van der Waals surface area contributed by atoms with Crippen molar-refractivity contribution in [1.82, 2.24) is 0 Å². The maximum Gasteiger partial charge on any atom is 0.315 e. The molecule has 1 heterocycles. The number of rotatable bonds is 7. The van der Waals surface area contributed by atoms with Crippen LogP contribution in [0, 0.1) is 10.1 Å². The molecule has 0 radical (unpaired) electrons. The third-order valence-electron chi connectivity index (χ3n) is 4.57. The first-order chi connectivity index (χ1) is 13.0. The molecule has 0 saturated carbocycles. The summed E-state index contributed by atoms with van der Waals surface area (Å²) in [5, 5.41) is 14.9. The number of Topliss-reactive ketones (excluding diaryl/α,β-unsaturated/α-hetero) is 1. The number of methoxy groups -OCH3 is 1. The Bertz CT molecular complexity index is 865. The van der Waals surface area contributed by atoms with E-state index >= 15 is 0 Å². The largest absolute Gasteiger partial charge is 0.493 e. The molecule has 1 atom stereocenters. The van der Waals surface area contributed by atoms with Gasteiger partial charge >= 0.3 is 5.69 Å². The molecular weight excluding hydrogens is 348 g/mol. The fourth-order valence-corrected chi connectivity index (χ4v) is 3.15. The molecule has 1 N–H and O–H groups in total. The maximum atomic E-state index is 12.5. The summed E-state index contributed by atoms with van der Waals surface area (Å²) in [4.78, 5) is 23.6. The fraction of sp³-hybridized carbons (Fsp3) is 0.350. The highest BCUT2D eigenvalue weighted by Gasteiger charge is 2.29. The van der Waals surface area contributed by atoms with Crippen molar-refractivity contribution in [3.8, 4) is 11.5 Å². The van der Waals surface area contributed by atoms with E-state index in [4.69, 9.17) is 9.47 Å². The van der Waals surface area contributed by atoms with E-state index in [2.05, 4.69) is 5.32 Å². The van der Waals surface area contributed by atoms with Gasteiger partial charge in [-0.1, -0.05) is 25.5 Å². The number of para-hydroxylation sites is 1. The number of anilines is 1. The van der Waals surface area contributed by atoms with Crippen molar-refractivity contribution in [3.05, 3.63) is 57.6 Å². The number of ketones is 1. The molecule has 0 aliphatic carbocycles. The molecule has 1 aliphatic heterocycles. The first kappa shape index (κ1) is 18.7. The van der Waals surface area contributed by atoms with E-state index in [9.17, 15) is 14.9 Å². The Kier molecular flexibility index (Phi) is 5.59. The number of nitrogens with one attached hydrogen (secondary N) is 1. The van der Waals surface area contributed by atoms with Crippen LogP contribution in [0.5, 0.6) is 11.5 Å². The second-order valence-electron chi connectivity index (χ2n) is 6.40. The Morgan fingerprint density at radius 1 is 1.30 bits per heavy atom. The minimum absolute atomic E-state index is 0.000702. The van der Waals surface area contributed by atoms with Crippen molar-refractivity contribution in [2.24, 2.45) is 0 Å². The summed E-state index contributed by atoms with van der Waals surface area (Å²) >= 11 is 0. The summed E-state index contributed by atoms with van der Waals surface area (Å²) in [7, 11) is 1.45. The Morgan fingerprint density at radius 2 is 2.07 bits per heavy atom. The number of benzene rings is 2. The standard InChI is InChI=1S/C20H22N2O5/c1-3-4-9-27-20-17(22(24)25)10-13(11-19(20)26-2)16-12-18(23)14-7-5-6-8-15(14)21-16/h5-8,10-11,16,21H,3-4,9,12H2,1-2H3. The normalized spacial score (nSPS) is 15.6. The van der Waals surface area contributed by atoms with Gasteiger partial charge < -0.3 is 14.8 Å². The number of nitro benzene ring substituents is 1.